The quantitative estimate of drug-likeness (QED) is 0.560. The third kappa shape index (κ3) is 1.98. The zero-order chi connectivity index (χ0) is 16.0. The summed E-state index contributed by atoms with van der Waals surface area (Å²) in [6.07, 6.45) is 0.0686. The van der Waals surface area contributed by atoms with Gasteiger partial charge in [-0.2, -0.15) is 4.98 Å². The van der Waals surface area contributed by atoms with Crippen molar-refractivity contribution in [2.45, 2.75) is 24.1 Å². The van der Waals surface area contributed by atoms with Crippen LogP contribution >= 0.6 is 0 Å². The van der Waals surface area contributed by atoms with E-state index in [0.29, 0.717) is 4.57 Å². The Labute approximate surface area is 110 Å². The maximum atomic E-state index is 14.7. The van der Waals surface area contributed by atoms with Crippen molar-refractivity contribution in [1.82, 2.24) is 9.55 Å². The second-order valence-corrected chi connectivity index (χ2v) is 3.94. The summed E-state index contributed by atoms with van der Waals surface area (Å²) < 4.78 is 34.6. The number of aliphatic hydroxyl groups excluding tert-OH is 1. The standard InChI is InChI=1S/C11H12FN3O4/c1-2-11(12)8(17)6(5-16)19-9(11)15-4-3-7(13)14-10(15)18/h1,3-4,6,8-9,16-17H,5H2,(H2,13,14,18)/t6-,8+,9-,11?/m1/s1/i5D2. The molecule has 0 amide bonds. The van der Waals surface area contributed by atoms with Crippen LogP contribution in [0.2, 0.25) is 0 Å². The van der Waals surface area contributed by atoms with Gasteiger partial charge in [-0.05, 0) is 6.07 Å². The van der Waals surface area contributed by atoms with Crippen LogP contribution in [0, 0.1) is 12.3 Å². The predicted octanol–water partition coefficient (Wildman–Crippen LogP) is -1.58. The summed E-state index contributed by atoms with van der Waals surface area (Å²) in [6, 6.07) is 1.18. The second kappa shape index (κ2) is 4.62. The molecular weight excluding hydrogens is 257 g/mol. The van der Waals surface area contributed by atoms with E-state index in [2.05, 4.69) is 4.98 Å². The molecule has 1 aromatic rings. The van der Waals surface area contributed by atoms with Crippen molar-refractivity contribution in [1.29, 1.82) is 0 Å². The number of anilines is 1. The minimum absolute atomic E-state index is 0.117. The highest BCUT2D eigenvalue weighted by Crippen LogP contribution is 2.40. The van der Waals surface area contributed by atoms with Gasteiger partial charge in [0.15, 0.2) is 6.23 Å². The zero-order valence-electron chi connectivity index (χ0n) is 11.5. The number of aromatic nitrogens is 2. The number of aliphatic hydroxyl groups is 2. The van der Waals surface area contributed by atoms with Gasteiger partial charge >= 0.3 is 5.69 Å². The highest BCUT2D eigenvalue weighted by Gasteiger charge is 2.57. The van der Waals surface area contributed by atoms with E-state index in [9.17, 15) is 19.4 Å². The van der Waals surface area contributed by atoms with Crippen LogP contribution in [0.25, 0.3) is 0 Å². The maximum absolute atomic E-state index is 14.7. The number of hydrogen-bond acceptors (Lipinski definition) is 6. The van der Waals surface area contributed by atoms with Crippen molar-refractivity contribution in [2.75, 3.05) is 12.3 Å². The Morgan fingerprint density at radius 2 is 2.53 bits per heavy atom. The van der Waals surface area contributed by atoms with E-state index in [1.807, 2.05) is 0 Å². The summed E-state index contributed by atoms with van der Waals surface area (Å²) in [4.78, 5) is 15.1. The minimum atomic E-state index is -3.06. The first-order valence-corrected chi connectivity index (χ1v) is 5.18. The maximum Gasteiger partial charge on any atom is 0.351 e. The molecule has 0 radical (unpaired) electrons. The second-order valence-electron chi connectivity index (χ2n) is 3.94. The molecule has 2 heterocycles. The molecule has 1 aliphatic rings. The van der Waals surface area contributed by atoms with E-state index in [1.54, 1.807) is 5.92 Å². The molecule has 7 nitrogen and oxygen atoms in total. The van der Waals surface area contributed by atoms with Crippen LogP contribution in [0.3, 0.4) is 0 Å². The first-order valence-electron chi connectivity index (χ1n) is 6.18. The molecular formula is C11H12FN3O4. The van der Waals surface area contributed by atoms with Crippen molar-refractivity contribution < 1.29 is 22.1 Å². The molecule has 4 atom stereocenters. The van der Waals surface area contributed by atoms with Gasteiger partial charge in [-0.3, -0.25) is 4.57 Å². The first kappa shape index (κ1) is 10.9. The average molecular weight is 271 g/mol. The Hall–Kier alpha value is -1.95. The van der Waals surface area contributed by atoms with Crippen molar-refractivity contribution in [2.24, 2.45) is 0 Å². The van der Waals surface area contributed by atoms with Crippen LogP contribution in [0.4, 0.5) is 10.2 Å². The number of terminal acetylenes is 1. The number of alkyl halides is 1. The summed E-state index contributed by atoms with van der Waals surface area (Å²) in [5.41, 5.74) is 1.38. The molecule has 19 heavy (non-hydrogen) atoms. The molecule has 1 unspecified atom stereocenters. The Bertz CT molecular complexity index is 656. The van der Waals surface area contributed by atoms with Crippen LogP contribution < -0.4 is 11.4 Å². The van der Waals surface area contributed by atoms with Crippen molar-refractivity contribution in [3.8, 4) is 12.3 Å². The lowest BCUT2D eigenvalue weighted by Crippen LogP contribution is -2.44. The average Bonchev–Trinajstić information content (AvgIpc) is 2.63. The van der Waals surface area contributed by atoms with Gasteiger partial charge in [0, 0.05) is 6.20 Å². The molecule has 1 aromatic heterocycles. The van der Waals surface area contributed by atoms with Gasteiger partial charge in [-0.1, -0.05) is 5.92 Å². The van der Waals surface area contributed by atoms with Crippen LogP contribution in [-0.4, -0.2) is 44.2 Å². The third-order valence-electron chi connectivity index (χ3n) is 2.80. The van der Waals surface area contributed by atoms with E-state index >= 15 is 0 Å². The SMILES string of the molecule is [2H]C([2H])(O)[C@H]1O[C@@H](n2ccc(N)nc2=O)C(F)(C#C)[C@H]1O. The van der Waals surface area contributed by atoms with E-state index in [1.165, 1.54) is 6.07 Å². The molecule has 0 bridgehead atoms. The fraction of sp³-hybridized carbons (Fsp3) is 0.455. The first-order chi connectivity index (χ1) is 9.61. The minimum Gasteiger partial charge on any atom is -0.394 e. The van der Waals surface area contributed by atoms with E-state index < -0.39 is 36.4 Å². The smallest absolute Gasteiger partial charge is 0.351 e. The molecule has 4 N–H and O–H groups in total. The Morgan fingerprint density at radius 3 is 3.05 bits per heavy atom. The van der Waals surface area contributed by atoms with Gasteiger partial charge in [0.2, 0.25) is 5.67 Å². The predicted molar refractivity (Wildman–Crippen MR) is 62.6 cm³/mol. The summed E-state index contributed by atoms with van der Waals surface area (Å²) in [6.45, 7) is -3.06. The number of ether oxygens (including phenoxy) is 1. The van der Waals surface area contributed by atoms with E-state index in [0.717, 1.165) is 6.20 Å². The molecule has 0 spiro atoms. The van der Waals surface area contributed by atoms with Crippen LogP contribution in [0.15, 0.2) is 17.1 Å². The summed E-state index contributed by atoms with van der Waals surface area (Å²) in [5, 5.41) is 19.1. The van der Waals surface area contributed by atoms with Gasteiger partial charge in [0.25, 0.3) is 0 Å². The lowest BCUT2D eigenvalue weighted by atomic mass is 9.97. The number of nitrogens with zero attached hydrogens (tertiary/aromatic N) is 2. The summed E-state index contributed by atoms with van der Waals surface area (Å²) in [7, 11) is 0. The van der Waals surface area contributed by atoms with Gasteiger partial charge < -0.3 is 20.7 Å². The van der Waals surface area contributed by atoms with Crippen LogP contribution in [-0.2, 0) is 4.74 Å². The number of hydrogen-bond donors (Lipinski definition) is 3. The summed E-state index contributed by atoms with van der Waals surface area (Å²) >= 11 is 0. The van der Waals surface area contributed by atoms with Gasteiger partial charge in [-0.25, -0.2) is 9.18 Å². The van der Waals surface area contributed by atoms with Crippen molar-refractivity contribution >= 4 is 5.82 Å². The van der Waals surface area contributed by atoms with E-state index in [4.69, 9.17) is 19.6 Å². The highest BCUT2D eigenvalue weighted by molar-refractivity contribution is 5.25. The third-order valence-corrected chi connectivity index (χ3v) is 2.80. The van der Waals surface area contributed by atoms with Crippen molar-refractivity contribution in [3.05, 3.63) is 22.7 Å². The fourth-order valence-electron chi connectivity index (χ4n) is 1.81. The van der Waals surface area contributed by atoms with Gasteiger partial charge in [-0.15, -0.1) is 6.42 Å². The highest BCUT2D eigenvalue weighted by atomic mass is 19.1. The Morgan fingerprint density at radius 1 is 1.84 bits per heavy atom. The van der Waals surface area contributed by atoms with Gasteiger partial charge in [0.1, 0.15) is 18.0 Å². The number of rotatable bonds is 2. The topological polar surface area (TPSA) is 111 Å². The monoisotopic (exact) mass is 271 g/mol. The molecule has 8 heteroatoms. The zero-order valence-corrected chi connectivity index (χ0v) is 9.52. The molecule has 102 valence electrons. The Kier molecular flexibility index (Phi) is 2.66. The van der Waals surface area contributed by atoms with Crippen LogP contribution in [0.5, 0.6) is 0 Å². The lowest BCUT2D eigenvalue weighted by molar-refractivity contribution is -0.0542. The molecule has 0 aliphatic carbocycles. The number of halogens is 1. The molecule has 0 aromatic carbocycles. The molecule has 1 fully saturated rings. The van der Waals surface area contributed by atoms with Crippen LogP contribution in [0.1, 0.15) is 8.97 Å². The largest absolute Gasteiger partial charge is 0.394 e. The van der Waals surface area contributed by atoms with E-state index in [-0.39, 0.29) is 5.82 Å². The van der Waals surface area contributed by atoms with Gasteiger partial charge in [0.05, 0.1) is 9.30 Å². The number of nitrogen functional groups attached to an aromatic ring is 1. The normalized spacial score (nSPS) is 36.4. The molecule has 1 aliphatic heterocycles. The molecule has 0 saturated carbocycles. The number of nitrogens with two attached hydrogens (primary N) is 1. The molecule has 1 saturated heterocycles. The lowest BCUT2D eigenvalue weighted by Gasteiger charge is -2.23. The Balaban J connectivity index is 2.53. The molecule has 2 rings (SSSR count). The fourth-order valence-corrected chi connectivity index (χ4v) is 1.81. The van der Waals surface area contributed by atoms with Crippen molar-refractivity contribution in [3.63, 3.8) is 0 Å². The summed E-state index contributed by atoms with van der Waals surface area (Å²) in [5.74, 6) is 1.53.